The third-order valence-corrected chi connectivity index (χ3v) is 15.1. The Kier molecular flexibility index (Phi) is 18.9. The fourth-order valence-electron chi connectivity index (χ4n) is 10.9. The molecular weight excluding hydrogens is 837 g/mol. The maximum atomic E-state index is 14.4. The summed E-state index contributed by atoms with van der Waals surface area (Å²) in [6, 6.07) is -0.649. The van der Waals surface area contributed by atoms with E-state index in [1.165, 1.54) is 58.5 Å². The second kappa shape index (κ2) is 23.5. The van der Waals surface area contributed by atoms with Crippen LogP contribution in [0.5, 0.6) is 0 Å². The molecule has 2 aromatic heterocycles. The normalized spacial score (nSPS) is 24.3. The Hall–Kier alpha value is -3.83. The van der Waals surface area contributed by atoms with Gasteiger partial charge in [0.15, 0.2) is 11.6 Å². The molecule has 2 unspecified atom stereocenters. The summed E-state index contributed by atoms with van der Waals surface area (Å²) in [5.41, 5.74) is 7.50. The largest absolute Gasteiger partial charge is 2.00 e. The summed E-state index contributed by atoms with van der Waals surface area (Å²) in [5.74, 6) is -0.245. The SMILES string of the molecule is CCC1=C2/C=c3\[n-]c4c(c3C)C(=O)[C@H](C(=O)OC)C=4C3[N-]/C(=C\c4[n-]c(c(C(C)=O)c4C)/C=C(\[N-]2)[C@@H]1C)[C@@H](C)[C@@H]3CCC(=O)OCCC(C)CCC[C@H](C)CCC[C@H](C)CCCC(C)C.[Mg+2]. The summed E-state index contributed by atoms with van der Waals surface area (Å²) < 4.78 is 11.1. The van der Waals surface area contributed by atoms with Gasteiger partial charge in [-0.15, -0.1) is 27.8 Å². The minimum Gasteiger partial charge on any atom is -0.681 e. The number of Topliss-reactive ketones (excluding diaryl/α,β-unsaturated/α-hetero) is 2. The Morgan fingerprint density at radius 1 is 0.788 bits per heavy atom. The number of hydrogen-bond acceptors (Lipinski definition) is 6. The number of fused-ring (bicyclic) bond motifs is 8. The van der Waals surface area contributed by atoms with Crippen LogP contribution in [-0.4, -0.2) is 66.3 Å². The molecule has 2 aromatic rings. The number of methoxy groups -OCH3 is 1. The molecular formula is C55H76MgN4O6-2. The monoisotopic (exact) mass is 913 g/mol. The van der Waals surface area contributed by atoms with Gasteiger partial charge in [0.2, 0.25) is 0 Å². The number of allylic oxidation sites excluding steroid dienone is 3. The first kappa shape index (κ1) is 53.1. The van der Waals surface area contributed by atoms with Crippen molar-refractivity contribution >= 4 is 70.4 Å². The Bertz CT molecular complexity index is 2330. The molecule has 1 fully saturated rings. The molecule has 1 aliphatic carbocycles. The van der Waals surface area contributed by atoms with Crippen molar-refractivity contribution in [2.75, 3.05) is 13.7 Å². The van der Waals surface area contributed by atoms with Crippen LogP contribution in [0.15, 0.2) is 22.7 Å². The first-order valence-electron chi connectivity index (χ1n) is 24.9. The minimum absolute atomic E-state index is 0. The Labute approximate surface area is 411 Å². The van der Waals surface area contributed by atoms with E-state index in [2.05, 4.69) is 55.4 Å². The van der Waals surface area contributed by atoms with E-state index in [9.17, 15) is 19.2 Å². The minimum atomic E-state index is -1.21. The van der Waals surface area contributed by atoms with Crippen molar-refractivity contribution in [3.8, 4) is 0 Å². The fraction of sp³-hybridized carbons (Fsp3) is 0.636. The summed E-state index contributed by atoms with van der Waals surface area (Å²) >= 11 is 0. The van der Waals surface area contributed by atoms with Crippen LogP contribution in [0.3, 0.4) is 0 Å². The molecule has 356 valence electrons. The van der Waals surface area contributed by atoms with Crippen LogP contribution in [0.1, 0.15) is 189 Å². The second-order valence-electron chi connectivity index (χ2n) is 20.5. The third-order valence-electron chi connectivity index (χ3n) is 15.1. The van der Waals surface area contributed by atoms with E-state index in [1.54, 1.807) is 6.92 Å². The van der Waals surface area contributed by atoms with Crippen molar-refractivity contribution in [3.05, 3.63) is 77.6 Å². The zero-order valence-electron chi connectivity index (χ0n) is 42.3. The maximum absolute atomic E-state index is 14.4. The van der Waals surface area contributed by atoms with E-state index < -0.39 is 17.9 Å². The number of nitrogens with zero attached hydrogens (tertiary/aromatic N) is 4. The van der Waals surface area contributed by atoms with Crippen molar-refractivity contribution in [2.24, 2.45) is 47.3 Å². The quantitative estimate of drug-likeness (QED) is 0.0521. The predicted octanol–water partition coefficient (Wildman–Crippen LogP) is 10.8. The molecule has 5 heterocycles. The Morgan fingerprint density at radius 2 is 1.39 bits per heavy atom. The van der Waals surface area contributed by atoms with Gasteiger partial charge in [0.1, 0.15) is 5.92 Å². The first-order chi connectivity index (χ1) is 30.9. The maximum Gasteiger partial charge on any atom is 2.00 e. The summed E-state index contributed by atoms with van der Waals surface area (Å²) in [6.45, 7) is 23.6. The molecule has 4 aliphatic rings. The van der Waals surface area contributed by atoms with Crippen LogP contribution >= 0.6 is 0 Å². The van der Waals surface area contributed by atoms with E-state index in [4.69, 9.17) is 30.1 Å². The van der Waals surface area contributed by atoms with E-state index >= 15 is 0 Å². The molecule has 0 aromatic carbocycles. The molecule has 10 nitrogen and oxygen atoms in total. The average molecular weight is 914 g/mol. The number of ketones is 2. The molecule has 66 heavy (non-hydrogen) atoms. The van der Waals surface area contributed by atoms with Crippen LogP contribution in [0.4, 0.5) is 0 Å². The number of rotatable bonds is 21. The van der Waals surface area contributed by atoms with Gasteiger partial charge in [0.25, 0.3) is 0 Å². The van der Waals surface area contributed by atoms with E-state index in [0.717, 1.165) is 59.5 Å². The summed E-state index contributed by atoms with van der Waals surface area (Å²) in [5, 5.41) is 11.4. The first-order valence-corrected chi connectivity index (χ1v) is 24.9. The number of ether oxygens (including phenoxy) is 2. The van der Waals surface area contributed by atoms with E-state index in [-0.39, 0.29) is 64.8 Å². The van der Waals surface area contributed by atoms with Gasteiger partial charge in [-0.1, -0.05) is 160 Å². The summed E-state index contributed by atoms with van der Waals surface area (Å²) in [7, 11) is 1.29. The second-order valence-corrected chi connectivity index (χ2v) is 20.5. The van der Waals surface area contributed by atoms with Crippen molar-refractivity contribution in [1.29, 1.82) is 0 Å². The van der Waals surface area contributed by atoms with Gasteiger partial charge in [0, 0.05) is 17.5 Å². The van der Waals surface area contributed by atoms with Gasteiger partial charge < -0.3 is 30.1 Å². The number of hydrogen-bond donors (Lipinski definition) is 0. The van der Waals surface area contributed by atoms with Crippen LogP contribution in [0.2, 0.25) is 0 Å². The van der Waals surface area contributed by atoms with Gasteiger partial charge in [-0.25, -0.2) is 0 Å². The zero-order valence-corrected chi connectivity index (χ0v) is 43.7. The van der Waals surface area contributed by atoms with Crippen LogP contribution < -0.4 is 20.7 Å². The molecule has 0 amide bonds. The molecule has 0 saturated carbocycles. The topological polar surface area (TPSA) is 143 Å². The molecule has 1 saturated heterocycles. The van der Waals surface area contributed by atoms with Crippen LogP contribution in [0, 0.1) is 61.2 Å². The Balaban J connectivity index is 0.00000817. The summed E-state index contributed by atoms with van der Waals surface area (Å²) in [6.07, 6.45) is 19.5. The molecule has 11 heteroatoms. The molecule has 0 radical (unpaired) electrons. The van der Waals surface area contributed by atoms with E-state index in [0.29, 0.717) is 69.0 Å². The van der Waals surface area contributed by atoms with Gasteiger partial charge in [-0.05, 0) is 81.5 Å². The van der Waals surface area contributed by atoms with E-state index in [1.807, 2.05) is 32.1 Å². The molecule has 8 bridgehead atoms. The van der Waals surface area contributed by atoms with Crippen LogP contribution in [0.25, 0.3) is 34.4 Å². The third kappa shape index (κ3) is 11.9. The summed E-state index contributed by atoms with van der Waals surface area (Å²) in [4.78, 5) is 64.8. The molecule has 6 rings (SSSR count). The number of carbonyl (C=O) groups excluding carboxylic acids is 4. The molecule has 0 spiro atoms. The molecule has 3 aliphatic heterocycles. The van der Waals surface area contributed by atoms with Gasteiger partial charge in [-0.3, -0.25) is 19.2 Å². The molecule has 8 atom stereocenters. The van der Waals surface area contributed by atoms with Crippen molar-refractivity contribution in [3.63, 3.8) is 0 Å². The fourth-order valence-corrected chi connectivity index (χ4v) is 10.9. The standard InChI is InChI=1S/C55H77N4O6.Mg/c1-13-39-34(7)41-29-46-48(38(11)60)36(9)43(57-46)27-42-35(8)40(52(58-42)50-51(55(63)64-12)54(62)49-37(10)44(59-53(49)50)28-45(39)56-41)23-24-47(61)65-26-25-33(6)22-16-21-32(5)20-15-19-31(4)18-14-17-30(2)3;/h27-35,40,51-52H,13-26H2,1-12H3,(H-,56,57,60);/q-3;+2/p-1/b42-27-,44-28-;/t31-,32-,33?,34-,35+,40+,51-,52?;/m1./s1. The number of esters is 2. The van der Waals surface area contributed by atoms with Gasteiger partial charge >= 0.3 is 35.0 Å². The predicted molar refractivity (Wildman–Crippen MR) is 266 cm³/mol. The number of carbonyl (C=O) groups is 4. The zero-order chi connectivity index (χ0) is 47.3. The van der Waals surface area contributed by atoms with Crippen LogP contribution in [-0.2, 0) is 19.1 Å². The average Bonchev–Trinajstić information content (AvgIpc) is 4.00. The van der Waals surface area contributed by atoms with Gasteiger partial charge in [-0.2, -0.15) is 11.4 Å². The Morgan fingerprint density at radius 3 is 1.98 bits per heavy atom. The van der Waals surface area contributed by atoms with Gasteiger partial charge in [0.05, 0.1) is 13.7 Å². The van der Waals surface area contributed by atoms with Crippen molar-refractivity contribution < 1.29 is 28.7 Å². The van der Waals surface area contributed by atoms with Crippen molar-refractivity contribution in [1.82, 2.24) is 9.97 Å². The molecule has 0 N–H and O–H groups in total. The number of aromatic nitrogens is 2. The smallest absolute Gasteiger partial charge is 0.681 e. The van der Waals surface area contributed by atoms with Crippen molar-refractivity contribution in [2.45, 2.75) is 166 Å².